The third-order valence-electron chi connectivity index (χ3n) is 1.65. The van der Waals surface area contributed by atoms with Crippen LogP contribution < -0.4 is 0 Å². The Kier molecular flexibility index (Phi) is 2.14. The molecule has 2 rings (SSSR count). The fraction of sp³-hybridized carbons (Fsp3) is 0. The zero-order valence-electron chi connectivity index (χ0n) is 6.79. The Hall–Kier alpha value is -1.55. The van der Waals surface area contributed by atoms with Gasteiger partial charge >= 0.3 is 0 Å². The molecule has 0 radical (unpaired) electrons. The van der Waals surface area contributed by atoms with E-state index in [1.165, 1.54) is 0 Å². The number of rotatable bonds is 1. The molecule has 0 amide bonds. The second kappa shape index (κ2) is 3.45. The van der Waals surface area contributed by atoms with Gasteiger partial charge in [-0.2, -0.15) is 0 Å². The SMILES string of the molecule is S=C(c1ccccc1)n1ccnn1. The predicted molar refractivity (Wildman–Crippen MR) is 53.6 cm³/mol. The van der Waals surface area contributed by atoms with E-state index < -0.39 is 0 Å². The summed E-state index contributed by atoms with van der Waals surface area (Å²) in [4.78, 5) is 0.665. The number of hydrogen-bond acceptors (Lipinski definition) is 3. The van der Waals surface area contributed by atoms with Crippen LogP contribution in [0.1, 0.15) is 5.56 Å². The Labute approximate surface area is 81.0 Å². The highest BCUT2D eigenvalue weighted by Gasteiger charge is 2.01. The molecule has 4 heteroatoms. The predicted octanol–water partition coefficient (Wildman–Crippen LogP) is 1.50. The van der Waals surface area contributed by atoms with Gasteiger partial charge in [-0.1, -0.05) is 47.8 Å². The number of aromatic nitrogens is 3. The minimum Gasteiger partial charge on any atom is -0.209 e. The minimum absolute atomic E-state index is 0.665. The molecule has 0 unspecified atom stereocenters. The first-order valence-corrected chi connectivity index (χ1v) is 4.25. The van der Waals surface area contributed by atoms with Crippen LogP contribution in [-0.2, 0) is 0 Å². The Morgan fingerprint density at radius 1 is 1.23 bits per heavy atom. The van der Waals surface area contributed by atoms with Crippen molar-refractivity contribution < 1.29 is 0 Å². The summed E-state index contributed by atoms with van der Waals surface area (Å²) in [5, 5.41) is 7.51. The van der Waals surface area contributed by atoms with Crippen molar-refractivity contribution in [2.24, 2.45) is 0 Å². The van der Waals surface area contributed by atoms with E-state index in [0.717, 1.165) is 5.56 Å². The van der Waals surface area contributed by atoms with E-state index in [0.29, 0.717) is 4.99 Å². The lowest BCUT2D eigenvalue weighted by Gasteiger charge is -2.01. The Balaban J connectivity index is 2.34. The first-order chi connectivity index (χ1) is 6.38. The zero-order valence-corrected chi connectivity index (χ0v) is 7.61. The molecule has 0 saturated heterocycles. The molecule has 0 fully saturated rings. The third kappa shape index (κ3) is 1.62. The molecular formula is C9H7N3S. The molecule has 0 aliphatic heterocycles. The van der Waals surface area contributed by atoms with E-state index in [9.17, 15) is 0 Å². The molecule has 13 heavy (non-hydrogen) atoms. The van der Waals surface area contributed by atoms with Crippen molar-refractivity contribution >= 4 is 17.2 Å². The lowest BCUT2D eigenvalue weighted by molar-refractivity contribution is 0.852. The maximum Gasteiger partial charge on any atom is 0.136 e. The molecule has 0 aliphatic rings. The summed E-state index contributed by atoms with van der Waals surface area (Å²) in [6.07, 6.45) is 3.34. The standard InChI is InChI=1S/C9H7N3S/c13-9(12-7-6-10-11-12)8-4-2-1-3-5-8/h1-7H. The molecule has 0 aliphatic carbocycles. The fourth-order valence-electron chi connectivity index (χ4n) is 1.03. The van der Waals surface area contributed by atoms with Crippen LogP contribution in [0.25, 0.3) is 0 Å². The van der Waals surface area contributed by atoms with Crippen molar-refractivity contribution in [3.63, 3.8) is 0 Å². The lowest BCUT2D eigenvalue weighted by Crippen LogP contribution is -2.10. The topological polar surface area (TPSA) is 30.7 Å². The van der Waals surface area contributed by atoms with E-state index >= 15 is 0 Å². The smallest absolute Gasteiger partial charge is 0.136 e. The highest BCUT2D eigenvalue weighted by atomic mass is 32.1. The van der Waals surface area contributed by atoms with E-state index in [1.54, 1.807) is 17.1 Å². The first kappa shape index (κ1) is 8.07. The Bertz CT molecular complexity index is 394. The van der Waals surface area contributed by atoms with Gasteiger partial charge in [0.2, 0.25) is 0 Å². The monoisotopic (exact) mass is 189 g/mol. The molecule has 0 spiro atoms. The van der Waals surface area contributed by atoms with Gasteiger partial charge in [0.1, 0.15) is 4.99 Å². The maximum absolute atomic E-state index is 5.20. The van der Waals surface area contributed by atoms with E-state index in [4.69, 9.17) is 12.2 Å². The van der Waals surface area contributed by atoms with Gasteiger partial charge in [-0.3, -0.25) is 0 Å². The number of thiocarbonyl (C=S) groups is 1. The van der Waals surface area contributed by atoms with E-state index in [1.807, 2.05) is 30.3 Å². The summed E-state index contributed by atoms with van der Waals surface area (Å²) < 4.78 is 1.57. The summed E-state index contributed by atoms with van der Waals surface area (Å²) in [7, 11) is 0. The van der Waals surface area contributed by atoms with Crippen molar-refractivity contribution in [3.8, 4) is 0 Å². The molecule has 1 aromatic carbocycles. The molecule has 1 heterocycles. The van der Waals surface area contributed by atoms with Gasteiger partial charge < -0.3 is 0 Å². The van der Waals surface area contributed by atoms with Crippen molar-refractivity contribution in [1.82, 2.24) is 15.0 Å². The van der Waals surface area contributed by atoms with Crippen molar-refractivity contribution in [3.05, 3.63) is 48.3 Å². The average Bonchev–Trinajstić information content (AvgIpc) is 2.71. The second-order valence-corrected chi connectivity index (χ2v) is 2.91. The highest BCUT2D eigenvalue weighted by Crippen LogP contribution is 2.02. The third-order valence-corrected chi connectivity index (χ3v) is 2.07. The van der Waals surface area contributed by atoms with E-state index in [-0.39, 0.29) is 0 Å². The highest BCUT2D eigenvalue weighted by molar-refractivity contribution is 7.80. The molecule has 1 aromatic heterocycles. The fourth-order valence-corrected chi connectivity index (χ4v) is 1.26. The van der Waals surface area contributed by atoms with Crippen LogP contribution in [0.15, 0.2) is 42.7 Å². The summed E-state index contributed by atoms with van der Waals surface area (Å²) in [5.41, 5.74) is 0.975. The molecule has 64 valence electrons. The summed E-state index contributed by atoms with van der Waals surface area (Å²) in [6, 6.07) is 9.73. The summed E-state index contributed by atoms with van der Waals surface area (Å²) in [5.74, 6) is 0. The number of hydrogen-bond donors (Lipinski definition) is 0. The minimum atomic E-state index is 0.665. The first-order valence-electron chi connectivity index (χ1n) is 3.84. The van der Waals surface area contributed by atoms with Crippen molar-refractivity contribution in [1.29, 1.82) is 0 Å². The second-order valence-electron chi connectivity index (χ2n) is 2.52. The van der Waals surface area contributed by atoms with Gasteiger partial charge in [-0.25, -0.2) is 4.68 Å². The number of nitrogens with zero attached hydrogens (tertiary/aromatic N) is 3. The van der Waals surface area contributed by atoms with Crippen molar-refractivity contribution in [2.75, 3.05) is 0 Å². The van der Waals surface area contributed by atoms with Crippen LogP contribution in [0.4, 0.5) is 0 Å². The maximum atomic E-state index is 5.20. The van der Waals surface area contributed by atoms with Crippen LogP contribution in [0.2, 0.25) is 0 Å². The van der Waals surface area contributed by atoms with Crippen LogP contribution in [-0.4, -0.2) is 20.0 Å². The lowest BCUT2D eigenvalue weighted by atomic mass is 10.2. The van der Waals surface area contributed by atoms with Crippen LogP contribution in [0.3, 0.4) is 0 Å². The zero-order chi connectivity index (χ0) is 9.10. The average molecular weight is 189 g/mol. The van der Waals surface area contributed by atoms with Crippen LogP contribution in [0, 0.1) is 0 Å². The van der Waals surface area contributed by atoms with Crippen molar-refractivity contribution in [2.45, 2.75) is 0 Å². The number of benzene rings is 1. The van der Waals surface area contributed by atoms with Gasteiger partial charge in [0.15, 0.2) is 0 Å². The van der Waals surface area contributed by atoms with Gasteiger partial charge in [0.05, 0.1) is 12.4 Å². The normalized spacial score (nSPS) is 9.85. The quantitative estimate of drug-likeness (QED) is 0.637. The van der Waals surface area contributed by atoms with Crippen LogP contribution in [0.5, 0.6) is 0 Å². The summed E-state index contributed by atoms with van der Waals surface area (Å²) in [6.45, 7) is 0. The molecule has 2 aromatic rings. The van der Waals surface area contributed by atoms with Gasteiger partial charge in [0, 0.05) is 5.56 Å². The molecule has 0 atom stereocenters. The largest absolute Gasteiger partial charge is 0.209 e. The molecular weight excluding hydrogens is 182 g/mol. The summed E-state index contributed by atoms with van der Waals surface area (Å²) >= 11 is 5.20. The molecule has 3 nitrogen and oxygen atoms in total. The molecule has 0 N–H and O–H groups in total. The Morgan fingerprint density at radius 3 is 2.62 bits per heavy atom. The van der Waals surface area contributed by atoms with Gasteiger partial charge in [-0.15, -0.1) is 5.10 Å². The van der Waals surface area contributed by atoms with Gasteiger partial charge in [0.25, 0.3) is 0 Å². The van der Waals surface area contributed by atoms with Gasteiger partial charge in [-0.05, 0) is 0 Å². The Morgan fingerprint density at radius 2 is 2.00 bits per heavy atom. The van der Waals surface area contributed by atoms with E-state index in [2.05, 4.69) is 10.3 Å². The molecule has 0 saturated carbocycles. The molecule has 0 bridgehead atoms. The van der Waals surface area contributed by atoms with Crippen LogP contribution >= 0.6 is 12.2 Å².